The molecular formula is C6H15FS. The van der Waals surface area contributed by atoms with Crippen molar-refractivity contribution >= 4 is 10.9 Å². The fourth-order valence-corrected chi connectivity index (χ4v) is 1.84. The summed E-state index contributed by atoms with van der Waals surface area (Å²) in [6.07, 6.45) is 0. The predicted octanol–water partition coefficient (Wildman–Crippen LogP) is -1.33. The van der Waals surface area contributed by atoms with Gasteiger partial charge in [0.2, 0.25) is 0 Å². The lowest BCUT2D eigenvalue weighted by atomic mass is 10.9. The van der Waals surface area contributed by atoms with E-state index in [1.807, 2.05) is 0 Å². The van der Waals surface area contributed by atoms with Gasteiger partial charge in [0.15, 0.2) is 0 Å². The minimum absolute atomic E-state index is 0. The van der Waals surface area contributed by atoms with E-state index in [9.17, 15) is 0 Å². The first kappa shape index (κ1) is 11.1. The van der Waals surface area contributed by atoms with Crippen molar-refractivity contribution in [1.82, 2.24) is 0 Å². The summed E-state index contributed by atoms with van der Waals surface area (Å²) in [5, 5.41) is 0. The van der Waals surface area contributed by atoms with Crippen LogP contribution in [0, 0.1) is 0 Å². The summed E-state index contributed by atoms with van der Waals surface area (Å²) in [5.41, 5.74) is 0. The van der Waals surface area contributed by atoms with Crippen LogP contribution in [-0.2, 0) is 10.9 Å². The van der Waals surface area contributed by atoms with E-state index in [-0.39, 0.29) is 4.70 Å². The molecule has 0 spiro atoms. The highest BCUT2D eigenvalue weighted by Crippen LogP contribution is 1.92. The summed E-state index contributed by atoms with van der Waals surface area (Å²) >= 11 is 0. The molecule has 0 unspecified atom stereocenters. The minimum atomic E-state index is 0. The van der Waals surface area contributed by atoms with E-state index in [1.54, 1.807) is 0 Å². The molecule has 0 fully saturated rings. The van der Waals surface area contributed by atoms with Crippen LogP contribution in [0.2, 0.25) is 0 Å². The first-order chi connectivity index (χ1) is 3.35. The normalized spacial score (nSPS) is 9.00. The van der Waals surface area contributed by atoms with Gasteiger partial charge in [0.05, 0.1) is 0 Å². The monoisotopic (exact) mass is 138 g/mol. The minimum Gasteiger partial charge on any atom is -1.00 e. The molecule has 0 aliphatic carbocycles. The second-order valence-corrected chi connectivity index (χ2v) is 4.44. The maximum absolute atomic E-state index is 2.27. The number of hydrogen-bond acceptors (Lipinski definition) is 0. The molecule has 0 aliphatic heterocycles. The smallest absolute Gasteiger partial charge is 0.105 e. The summed E-state index contributed by atoms with van der Waals surface area (Å²) in [6.45, 7) is 6.82. The SMILES string of the molecule is CC[S+](CC)CC.[F-]. The molecule has 0 atom stereocenters. The largest absolute Gasteiger partial charge is 1.00 e. The Balaban J connectivity index is 0. The topological polar surface area (TPSA) is 0 Å². The van der Waals surface area contributed by atoms with Crippen molar-refractivity contribution in [3.63, 3.8) is 0 Å². The molecule has 2 heteroatoms. The molecule has 0 saturated heterocycles. The first-order valence-electron chi connectivity index (χ1n) is 2.99. The van der Waals surface area contributed by atoms with Crippen molar-refractivity contribution in [2.45, 2.75) is 20.8 Å². The van der Waals surface area contributed by atoms with Crippen LogP contribution in [0.15, 0.2) is 0 Å². The van der Waals surface area contributed by atoms with Gasteiger partial charge < -0.3 is 4.70 Å². The number of halogens is 1. The number of rotatable bonds is 3. The van der Waals surface area contributed by atoms with Crippen molar-refractivity contribution in [3.8, 4) is 0 Å². The Morgan fingerprint density at radius 2 is 1.12 bits per heavy atom. The van der Waals surface area contributed by atoms with Crippen molar-refractivity contribution in [1.29, 1.82) is 0 Å². The van der Waals surface area contributed by atoms with Crippen LogP contribution in [0.25, 0.3) is 0 Å². The Bertz CT molecular complexity index is 30.0. The average Bonchev–Trinajstić information content (AvgIpc) is 1.72. The second kappa shape index (κ2) is 7.28. The Hall–Kier alpha value is 0.280. The van der Waals surface area contributed by atoms with Crippen molar-refractivity contribution in [2.24, 2.45) is 0 Å². The number of hydrogen-bond donors (Lipinski definition) is 0. The standard InChI is InChI=1S/C6H15S.FH/c1-4-7(5-2)6-3;/h4-6H2,1-3H3;1H/q+1;/p-1. The molecule has 0 bridgehead atoms. The van der Waals surface area contributed by atoms with Gasteiger partial charge in [-0.15, -0.1) is 0 Å². The van der Waals surface area contributed by atoms with Crippen LogP contribution < -0.4 is 4.70 Å². The highest BCUT2D eigenvalue weighted by Gasteiger charge is 2.05. The second-order valence-electron chi connectivity index (χ2n) is 1.48. The quantitative estimate of drug-likeness (QED) is 0.424. The lowest BCUT2D eigenvalue weighted by Crippen LogP contribution is -3.00. The van der Waals surface area contributed by atoms with Gasteiger partial charge in [0.25, 0.3) is 0 Å². The molecule has 0 N–H and O–H groups in total. The Morgan fingerprint density at radius 3 is 1.12 bits per heavy atom. The third-order valence-electron chi connectivity index (χ3n) is 1.22. The zero-order valence-electron chi connectivity index (χ0n) is 5.91. The Labute approximate surface area is 54.4 Å². The van der Waals surface area contributed by atoms with Gasteiger partial charge >= 0.3 is 0 Å². The Morgan fingerprint density at radius 1 is 0.875 bits per heavy atom. The average molecular weight is 138 g/mol. The lowest BCUT2D eigenvalue weighted by molar-refractivity contribution is -0.00000167. The van der Waals surface area contributed by atoms with E-state index >= 15 is 0 Å². The maximum Gasteiger partial charge on any atom is 0.105 e. The van der Waals surface area contributed by atoms with Crippen LogP contribution in [0.3, 0.4) is 0 Å². The van der Waals surface area contributed by atoms with Gasteiger partial charge in [-0.05, 0) is 31.7 Å². The summed E-state index contributed by atoms with van der Waals surface area (Å²) < 4.78 is 0. The summed E-state index contributed by atoms with van der Waals surface area (Å²) in [6, 6.07) is 0. The van der Waals surface area contributed by atoms with Gasteiger partial charge in [-0.2, -0.15) is 0 Å². The maximum atomic E-state index is 2.27. The van der Waals surface area contributed by atoms with E-state index < -0.39 is 0 Å². The van der Waals surface area contributed by atoms with Gasteiger partial charge in [-0.1, -0.05) is 0 Å². The third-order valence-corrected chi connectivity index (χ3v) is 3.67. The predicted molar refractivity (Wildman–Crippen MR) is 39.0 cm³/mol. The summed E-state index contributed by atoms with van der Waals surface area (Å²) in [4.78, 5) is 0. The molecule has 8 heavy (non-hydrogen) atoms. The molecule has 52 valence electrons. The highest BCUT2D eigenvalue weighted by molar-refractivity contribution is 7.96. The van der Waals surface area contributed by atoms with E-state index in [4.69, 9.17) is 0 Å². The van der Waals surface area contributed by atoms with Crippen molar-refractivity contribution in [3.05, 3.63) is 0 Å². The van der Waals surface area contributed by atoms with Crippen LogP contribution in [0.5, 0.6) is 0 Å². The van der Waals surface area contributed by atoms with Crippen molar-refractivity contribution < 1.29 is 4.70 Å². The molecule has 0 rings (SSSR count). The van der Waals surface area contributed by atoms with Crippen LogP contribution in [0.1, 0.15) is 20.8 Å². The molecule has 0 aliphatic rings. The molecule has 0 heterocycles. The lowest BCUT2D eigenvalue weighted by Gasteiger charge is -1.96. The molecule has 0 aromatic rings. The highest BCUT2D eigenvalue weighted by atomic mass is 32.2. The summed E-state index contributed by atoms with van der Waals surface area (Å²) in [5.74, 6) is 4.15. The molecule has 0 nitrogen and oxygen atoms in total. The van der Waals surface area contributed by atoms with Gasteiger partial charge in [0.1, 0.15) is 17.3 Å². The van der Waals surface area contributed by atoms with Crippen LogP contribution in [0.4, 0.5) is 0 Å². The summed E-state index contributed by atoms with van der Waals surface area (Å²) in [7, 11) is 0.755. The molecule has 0 aromatic carbocycles. The Kier molecular flexibility index (Phi) is 10.1. The molecule has 0 aromatic heterocycles. The zero-order valence-corrected chi connectivity index (χ0v) is 6.72. The van der Waals surface area contributed by atoms with E-state index in [2.05, 4.69) is 20.8 Å². The fourth-order valence-electron chi connectivity index (χ4n) is 0.612. The van der Waals surface area contributed by atoms with E-state index in [0.29, 0.717) is 0 Å². The molecule has 0 radical (unpaired) electrons. The van der Waals surface area contributed by atoms with Crippen LogP contribution in [-0.4, -0.2) is 17.3 Å². The van der Waals surface area contributed by atoms with Gasteiger partial charge in [-0.25, -0.2) is 0 Å². The van der Waals surface area contributed by atoms with Gasteiger partial charge in [-0.3, -0.25) is 0 Å². The third kappa shape index (κ3) is 4.44. The molecule has 0 saturated carbocycles. The fraction of sp³-hybridized carbons (Fsp3) is 1.00. The van der Waals surface area contributed by atoms with E-state index in [1.165, 1.54) is 17.3 Å². The van der Waals surface area contributed by atoms with E-state index in [0.717, 1.165) is 10.9 Å². The first-order valence-corrected chi connectivity index (χ1v) is 4.72. The van der Waals surface area contributed by atoms with Crippen LogP contribution >= 0.6 is 0 Å². The van der Waals surface area contributed by atoms with Gasteiger partial charge in [0, 0.05) is 0 Å². The molecular weight excluding hydrogens is 123 g/mol. The molecule has 0 amide bonds. The van der Waals surface area contributed by atoms with Crippen molar-refractivity contribution in [2.75, 3.05) is 17.3 Å². The zero-order chi connectivity index (χ0) is 5.70.